The Balaban J connectivity index is 2.09. The van der Waals surface area contributed by atoms with Crippen LogP contribution in [0.5, 0.6) is 0 Å². The van der Waals surface area contributed by atoms with Gasteiger partial charge in [0.25, 0.3) is 0 Å². The highest BCUT2D eigenvalue weighted by atomic mass is 15.3. The molecule has 3 heteroatoms. The van der Waals surface area contributed by atoms with Crippen LogP contribution in [0.2, 0.25) is 0 Å². The summed E-state index contributed by atoms with van der Waals surface area (Å²) in [5.41, 5.74) is 12.3. The highest BCUT2D eigenvalue weighted by Gasteiger charge is 2.14. The summed E-state index contributed by atoms with van der Waals surface area (Å²) in [4.78, 5) is 0. The molecule has 17 heavy (non-hydrogen) atoms. The molecule has 3 nitrogen and oxygen atoms in total. The predicted octanol–water partition coefficient (Wildman–Crippen LogP) is 2.03. The number of nitrogens with two attached hydrogens (primary N) is 1. The molecule has 2 aromatic rings. The van der Waals surface area contributed by atoms with Crippen LogP contribution in [0.15, 0.2) is 24.4 Å². The molecule has 1 aliphatic rings. The zero-order valence-corrected chi connectivity index (χ0v) is 10.1. The Hall–Kier alpha value is -1.61. The minimum Gasteiger partial charge on any atom is -0.325 e. The molecule has 88 valence electrons. The number of nitrogens with zero attached hydrogens (tertiary/aromatic N) is 2. The third kappa shape index (κ3) is 1.67. The molecular formula is C14H17N3. The van der Waals surface area contributed by atoms with Crippen LogP contribution in [0.3, 0.4) is 0 Å². The van der Waals surface area contributed by atoms with Crippen molar-refractivity contribution in [3.8, 4) is 11.1 Å². The molecule has 1 aromatic carbocycles. The Morgan fingerprint density at radius 3 is 2.94 bits per heavy atom. The molecule has 2 N–H and O–H groups in total. The summed E-state index contributed by atoms with van der Waals surface area (Å²) in [6.45, 7) is 0.531. The van der Waals surface area contributed by atoms with Gasteiger partial charge < -0.3 is 5.73 Å². The van der Waals surface area contributed by atoms with E-state index < -0.39 is 0 Å². The smallest absolute Gasteiger partial charge is 0.0594 e. The largest absolute Gasteiger partial charge is 0.325 e. The van der Waals surface area contributed by atoms with Gasteiger partial charge in [-0.05, 0) is 36.0 Å². The van der Waals surface area contributed by atoms with E-state index in [2.05, 4.69) is 23.3 Å². The van der Waals surface area contributed by atoms with E-state index in [0.717, 1.165) is 5.69 Å². The van der Waals surface area contributed by atoms with Gasteiger partial charge in [0.15, 0.2) is 0 Å². The van der Waals surface area contributed by atoms with Crippen molar-refractivity contribution in [2.45, 2.75) is 25.8 Å². The lowest BCUT2D eigenvalue weighted by atomic mass is 10.0. The highest BCUT2D eigenvalue weighted by molar-refractivity contribution is 5.67. The van der Waals surface area contributed by atoms with Crippen molar-refractivity contribution in [1.29, 1.82) is 0 Å². The van der Waals surface area contributed by atoms with Crippen molar-refractivity contribution in [2.24, 2.45) is 12.8 Å². The number of fused-ring (bicyclic) bond motifs is 1. The zero-order chi connectivity index (χ0) is 11.8. The summed E-state index contributed by atoms with van der Waals surface area (Å²) in [5, 5.41) is 4.29. The fraction of sp³-hybridized carbons (Fsp3) is 0.357. The number of rotatable bonds is 2. The lowest BCUT2D eigenvalue weighted by Crippen LogP contribution is -2.05. The fourth-order valence-electron chi connectivity index (χ4n) is 2.69. The Labute approximate surface area is 101 Å². The summed E-state index contributed by atoms with van der Waals surface area (Å²) >= 11 is 0. The van der Waals surface area contributed by atoms with E-state index in [0.29, 0.717) is 6.54 Å². The van der Waals surface area contributed by atoms with Gasteiger partial charge in [-0.2, -0.15) is 5.10 Å². The van der Waals surface area contributed by atoms with Crippen LogP contribution in [0.1, 0.15) is 23.2 Å². The molecule has 0 bridgehead atoms. The molecule has 0 atom stereocenters. The molecule has 0 saturated heterocycles. The normalized spacial score (nSPS) is 14.0. The van der Waals surface area contributed by atoms with Crippen LogP contribution < -0.4 is 5.73 Å². The molecule has 0 amide bonds. The van der Waals surface area contributed by atoms with E-state index in [-0.39, 0.29) is 0 Å². The van der Waals surface area contributed by atoms with Gasteiger partial charge in [0, 0.05) is 19.2 Å². The van der Waals surface area contributed by atoms with E-state index >= 15 is 0 Å². The minimum absolute atomic E-state index is 0.531. The van der Waals surface area contributed by atoms with Crippen LogP contribution in [0.25, 0.3) is 11.1 Å². The summed E-state index contributed by atoms with van der Waals surface area (Å²) in [5.74, 6) is 0. The molecule has 0 saturated carbocycles. The van der Waals surface area contributed by atoms with Crippen molar-refractivity contribution < 1.29 is 0 Å². The lowest BCUT2D eigenvalue weighted by Gasteiger charge is -2.06. The number of aromatic nitrogens is 2. The van der Waals surface area contributed by atoms with Crippen molar-refractivity contribution >= 4 is 0 Å². The molecule has 0 unspecified atom stereocenters. The first-order valence-corrected chi connectivity index (χ1v) is 6.12. The monoisotopic (exact) mass is 227 g/mol. The molecule has 0 aliphatic heterocycles. The fourth-order valence-corrected chi connectivity index (χ4v) is 2.69. The maximum Gasteiger partial charge on any atom is 0.0594 e. The molecule has 0 spiro atoms. The van der Waals surface area contributed by atoms with E-state index in [1.165, 1.54) is 41.5 Å². The van der Waals surface area contributed by atoms with Gasteiger partial charge in [-0.3, -0.25) is 4.68 Å². The van der Waals surface area contributed by atoms with Gasteiger partial charge in [0.1, 0.15) is 0 Å². The summed E-state index contributed by atoms with van der Waals surface area (Å²) in [6, 6.07) is 6.75. The second-order valence-corrected chi connectivity index (χ2v) is 4.67. The molecule has 1 aromatic heterocycles. The minimum atomic E-state index is 0.531. The molecule has 1 heterocycles. The van der Waals surface area contributed by atoms with E-state index in [9.17, 15) is 0 Å². The number of hydrogen-bond acceptors (Lipinski definition) is 2. The van der Waals surface area contributed by atoms with E-state index in [1.54, 1.807) is 0 Å². The maximum atomic E-state index is 5.79. The van der Waals surface area contributed by atoms with Crippen LogP contribution >= 0.6 is 0 Å². The average Bonchev–Trinajstić information content (AvgIpc) is 2.93. The molecule has 1 aliphatic carbocycles. The lowest BCUT2D eigenvalue weighted by molar-refractivity contribution is 0.713. The van der Waals surface area contributed by atoms with Gasteiger partial charge in [0.05, 0.1) is 11.9 Å². The zero-order valence-electron chi connectivity index (χ0n) is 10.1. The quantitative estimate of drug-likeness (QED) is 0.853. The van der Waals surface area contributed by atoms with Gasteiger partial charge in [-0.25, -0.2) is 0 Å². The van der Waals surface area contributed by atoms with Gasteiger partial charge in [-0.1, -0.05) is 18.2 Å². The van der Waals surface area contributed by atoms with Gasteiger partial charge in [-0.15, -0.1) is 0 Å². The summed E-state index contributed by atoms with van der Waals surface area (Å²) in [7, 11) is 1.94. The third-order valence-corrected chi connectivity index (χ3v) is 3.66. The molecule has 0 fully saturated rings. The number of hydrogen-bond donors (Lipinski definition) is 1. The van der Waals surface area contributed by atoms with Gasteiger partial charge >= 0.3 is 0 Å². The summed E-state index contributed by atoms with van der Waals surface area (Å²) < 4.78 is 1.86. The van der Waals surface area contributed by atoms with E-state index in [4.69, 9.17) is 5.73 Å². The van der Waals surface area contributed by atoms with Crippen molar-refractivity contribution in [2.75, 3.05) is 0 Å². The Morgan fingerprint density at radius 2 is 2.12 bits per heavy atom. The molecule has 0 radical (unpaired) electrons. The van der Waals surface area contributed by atoms with Gasteiger partial charge in [0.2, 0.25) is 0 Å². The van der Waals surface area contributed by atoms with Crippen LogP contribution in [-0.4, -0.2) is 9.78 Å². The van der Waals surface area contributed by atoms with E-state index in [1.807, 2.05) is 17.9 Å². The van der Waals surface area contributed by atoms with Crippen LogP contribution in [-0.2, 0) is 26.4 Å². The topological polar surface area (TPSA) is 43.8 Å². The second kappa shape index (κ2) is 4.00. The maximum absolute atomic E-state index is 5.79. The molecule has 3 rings (SSSR count). The molecular weight excluding hydrogens is 210 g/mol. The van der Waals surface area contributed by atoms with Crippen LogP contribution in [0.4, 0.5) is 0 Å². The summed E-state index contributed by atoms with van der Waals surface area (Å²) in [6.07, 6.45) is 5.64. The Bertz CT molecular complexity index is 555. The van der Waals surface area contributed by atoms with Crippen molar-refractivity contribution in [1.82, 2.24) is 9.78 Å². The number of aryl methyl sites for hydroxylation is 3. The highest BCUT2D eigenvalue weighted by Crippen LogP contribution is 2.29. The first-order chi connectivity index (χ1) is 8.29. The standard InChI is InChI=1S/C14H17N3/c1-17-14(8-15)13(9-16-17)12-6-5-10-3-2-4-11(10)7-12/h5-7,9H,2-4,8,15H2,1H3. The first kappa shape index (κ1) is 10.5. The Morgan fingerprint density at radius 1 is 1.29 bits per heavy atom. The first-order valence-electron chi connectivity index (χ1n) is 6.12. The second-order valence-electron chi connectivity index (χ2n) is 4.67. The average molecular weight is 227 g/mol. The van der Waals surface area contributed by atoms with Crippen molar-refractivity contribution in [3.63, 3.8) is 0 Å². The number of benzene rings is 1. The van der Waals surface area contributed by atoms with Crippen molar-refractivity contribution in [3.05, 3.63) is 41.2 Å². The SMILES string of the molecule is Cn1ncc(-c2ccc3c(c2)CCC3)c1CN. The van der Waals surface area contributed by atoms with Crippen LogP contribution in [0, 0.1) is 0 Å². The third-order valence-electron chi connectivity index (χ3n) is 3.66. The Kier molecular flexibility index (Phi) is 2.48. The predicted molar refractivity (Wildman–Crippen MR) is 68.6 cm³/mol.